The molecule has 0 heterocycles. The molecule has 0 spiro atoms. The first-order chi connectivity index (χ1) is 8.06. The van der Waals surface area contributed by atoms with Gasteiger partial charge in [-0.25, -0.2) is 0 Å². The number of hydrogen-bond acceptors (Lipinski definition) is 3. The van der Waals surface area contributed by atoms with E-state index in [-0.39, 0.29) is 18.4 Å². The third-order valence-corrected chi connectivity index (χ3v) is 3.20. The minimum Gasteiger partial charge on any atom is -0.378 e. The first kappa shape index (κ1) is 17.5. The van der Waals surface area contributed by atoms with E-state index in [4.69, 9.17) is 23.1 Å². The average molecular weight is 292 g/mol. The Morgan fingerprint density at radius 2 is 1.94 bits per heavy atom. The molecule has 0 aliphatic carbocycles. The molecule has 4 N–H and O–H groups in total. The molecular formula is C13H23Cl2N3. The predicted molar refractivity (Wildman–Crippen MR) is 82.9 cm³/mol. The Labute approximate surface area is 121 Å². The van der Waals surface area contributed by atoms with Crippen molar-refractivity contribution < 1.29 is 0 Å². The Morgan fingerprint density at radius 3 is 2.44 bits per heavy atom. The summed E-state index contributed by atoms with van der Waals surface area (Å²) in [6, 6.07) is 6.03. The molecule has 0 aliphatic heterocycles. The fourth-order valence-corrected chi connectivity index (χ4v) is 2.07. The van der Waals surface area contributed by atoms with Crippen LogP contribution in [0.2, 0.25) is 5.02 Å². The fourth-order valence-electron chi connectivity index (χ4n) is 1.76. The zero-order valence-corrected chi connectivity index (χ0v) is 12.6. The van der Waals surface area contributed by atoms with Crippen molar-refractivity contribution in [1.29, 1.82) is 0 Å². The van der Waals surface area contributed by atoms with E-state index in [0.717, 1.165) is 42.1 Å². The van der Waals surface area contributed by atoms with Crippen molar-refractivity contribution in [1.82, 2.24) is 0 Å². The number of anilines is 1. The summed E-state index contributed by atoms with van der Waals surface area (Å²) in [7, 11) is 3.99. The Morgan fingerprint density at radius 1 is 1.28 bits per heavy atom. The molecular weight excluding hydrogens is 269 g/mol. The van der Waals surface area contributed by atoms with Crippen LogP contribution in [0.1, 0.15) is 30.9 Å². The molecule has 0 fully saturated rings. The zero-order chi connectivity index (χ0) is 12.8. The van der Waals surface area contributed by atoms with Gasteiger partial charge in [-0.05, 0) is 37.1 Å². The van der Waals surface area contributed by atoms with Crippen molar-refractivity contribution in [3.8, 4) is 0 Å². The number of halogens is 2. The summed E-state index contributed by atoms with van der Waals surface area (Å²) in [6.45, 7) is 0.722. The fraction of sp³-hybridized carbons (Fsp3) is 0.538. The second kappa shape index (κ2) is 8.59. The smallest absolute Gasteiger partial charge is 0.0474 e. The first-order valence-electron chi connectivity index (χ1n) is 5.98. The highest BCUT2D eigenvalue weighted by Gasteiger charge is 2.10. The molecule has 0 aliphatic rings. The van der Waals surface area contributed by atoms with E-state index >= 15 is 0 Å². The standard InChI is InChI=1S/C13H22ClN3.ClH/c1-17(2)10-6-7-11(12(14)9-10)13(16)5-3-4-8-15;/h6-7,9,13H,3-5,8,15-16H2,1-2H3;1H/t13-;/m0./s1. The van der Waals surface area contributed by atoms with Gasteiger partial charge in [-0.15, -0.1) is 12.4 Å². The number of nitrogens with two attached hydrogens (primary N) is 2. The van der Waals surface area contributed by atoms with Gasteiger partial charge >= 0.3 is 0 Å². The highest BCUT2D eigenvalue weighted by molar-refractivity contribution is 6.31. The van der Waals surface area contributed by atoms with E-state index in [0.29, 0.717) is 0 Å². The molecule has 0 aromatic heterocycles. The van der Waals surface area contributed by atoms with Crippen LogP contribution in [0.25, 0.3) is 0 Å². The Kier molecular flexibility index (Phi) is 8.36. The molecule has 1 rings (SSSR count). The lowest BCUT2D eigenvalue weighted by Crippen LogP contribution is -2.13. The molecule has 0 saturated carbocycles. The molecule has 1 aromatic carbocycles. The zero-order valence-electron chi connectivity index (χ0n) is 11.0. The molecule has 0 saturated heterocycles. The van der Waals surface area contributed by atoms with Crippen molar-refractivity contribution in [2.45, 2.75) is 25.3 Å². The maximum absolute atomic E-state index is 6.25. The first-order valence-corrected chi connectivity index (χ1v) is 6.36. The van der Waals surface area contributed by atoms with Crippen molar-refractivity contribution in [3.63, 3.8) is 0 Å². The largest absolute Gasteiger partial charge is 0.378 e. The summed E-state index contributed by atoms with van der Waals surface area (Å²) in [5.41, 5.74) is 13.7. The molecule has 0 unspecified atom stereocenters. The Bertz CT molecular complexity index is 356. The SMILES string of the molecule is CN(C)c1ccc([C@@H](N)CCCCN)c(Cl)c1.Cl. The van der Waals surface area contributed by atoms with Gasteiger partial charge in [0.25, 0.3) is 0 Å². The van der Waals surface area contributed by atoms with Crippen molar-refractivity contribution in [2.24, 2.45) is 11.5 Å². The Balaban J connectivity index is 0.00000289. The van der Waals surface area contributed by atoms with Crippen LogP contribution in [-0.4, -0.2) is 20.6 Å². The van der Waals surface area contributed by atoms with Crippen LogP contribution < -0.4 is 16.4 Å². The van der Waals surface area contributed by atoms with Crippen LogP contribution in [0.5, 0.6) is 0 Å². The van der Waals surface area contributed by atoms with E-state index in [2.05, 4.69) is 0 Å². The summed E-state index contributed by atoms with van der Waals surface area (Å²) >= 11 is 6.25. The molecule has 1 aromatic rings. The molecule has 0 amide bonds. The van der Waals surface area contributed by atoms with Gasteiger partial charge in [-0.3, -0.25) is 0 Å². The Hall–Kier alpha value is -0.480. The summed E-state index contributed by atoms with van der Waals surface area (Å²) in [5, 5.41) is 0.747. The lowest BCUT2D eigenvalue weighted by Gasteiger charge is -2.17. The van der Waals surface area contributed by atoms with Crippen LogP contribution >= 0.6 is 24.0 Å². The summed E-state index contributed by atoms with van der Waals surface area (Å²) < 4.78 is 0. The van der Waals surface area contributed by atoms with Gasteiger partial charge in [0.2, 0.25) is 0 Å². The molecule has 3 nitrogen and oxygen atoms in total. The second-order valence-electron chi connectivity index (χ2n) is 4.49. The molecule has 5 heteroatoms. The van der Waals surface area contributed by atoms with E-state index in [9.17, 15) is 0 Å². The second-order valence-corrected chi connectivity index (χ2v) is 4.90. The van der Waals surface area contributed by atoms with Gasteiger partial charge in [0.1, 0.15) is 0 Å². The van der Waals surface area contributed by atoms with Crippen molar-refractivity contribution >= 4 is 29.7 Å². The topological polar surface area (TPSA) is 55.3 Å². The van der Waals surface area contributed by atoms with Gasteiger partial charge in [0, 0.05) is 30.8 Å². The van der Waals surface area contributed by atoms with Gasteiger partial charge in [-0.2, -0.15) is 0 Å². The number of nitrogens with zero attached hydrogens (tertiary/aromatic N) is 1. The molecule has 18 heavy (non-hydrogen) atoms. The third kappa shape index (κ3) is 5.02. The van der Waals surface area contributed by atoms with Crippen molar-refractivity contribution in [3.05, 3.63) is 28.8 Å². The van der Waals surface area contributed by atoms with E-state index in [1.807, 2.05) is 37.2 Å². The maximum atomic E-state index is 6.25. The third-order valence-electron chi connectivity index (χ3n) is 2.87. The van der Waals surface area contributed by atoms with Gasteiger partial charge in [-0.1, -0.05) is 24.1 Å². The van der Waals surface area contributed by atoms with Crippen LogP contribution in [0.4, 0.5) is 5.69 Å². The molecule has 1 atom stereocenters. The molecule has 104 valence electrons. The lowest BCUT2D eigenvalue weighted by molar-refractivity contribution is 0.591. The normalized spacial score (nSPS) is 11.8. The van der Waals surface area contributed by atoms with Crippen LogP contribution in [0.3, 0.4) is 0 Å². The molecule has 0 bridgehead atoms. The molecule has 0 radical (unpaired) electrons. The quantitative estimate of drug-likeness (QED) is 0.793. The highest BCUT2D eigenvalue weighted by Crippen LogP contribution is 2.28. The number of benzene rings is 1. The van der Waals surface area contributed by atoms with Crippen LogP contribution in [0.15, 0.2) is 18.2 Å². The summed E-state index contributed by atoms with van der Waals surface area (Å²) in [6.07, 6.45) is 2.99. The van der Waals surface area contributed by atoms with Gasteiger partial charge < -0.3 is 16.4 Å². The number of hydrogen-bond donors (Lipinski definition) is 2. The van der Waals surface area contributed by atoms with E-state index in [1.165, 1.54) is 0 Å². The summed E-state index contributed by atoms with van der Waals surface area (Å²) in [5.74, 6) is 0. The average Bonchev–Trinajstić information content (AvgIpc) is 2.28. The van der Waals surface area contributed by atoms with Gasteiger partial charge in [0.05, 0.1) is 0 Å². The minimum absolute atomic E-state index is 0. The predicted octanol–water partition coefficient (Wildman–Crippen LogP) is 2.96. The number of rotatable bonds is 6. The maximum Gasteiger partial charge on any atom is 0.0474 e. The number of unbranched alkanes of at least 4 members (excludes halogenated alkanes) is 1. The lowest BCUT2D eigenvalue weighted by atomic mass is 10.0. The van der Waals surface area contributed by atoms with E-state index in [1.54, 1.807) is 0 Å². The minimum atomic E-state index is 0. The highest BCUT2D eigenvalue weighted by atomic mass is 35.5. The monoisotopic (exact) mass is 291 g/mol. The van der Waals surface area contributed by atoms with E-state index < -0.39 is 0 Å². The van der Waals surface area contributed by atoms with Crippen LogP contribution in [-0.2, 0) is 0 Å². The van der Waals surface area contributed by atoms with Gasteiger partial charge in [0.15, 0.2) is 0 Å². The van der Waals surface area contributed by atoms with Crippen LogP contribution in [0, 0.1) is 0 Å². The summed E-state index contributed by atoms with van der Waals surface area (Å²) in [4.78, 5) is 2.02. The van der Waals surface area contributed by atoms with Crippen molar-refractivity contribution in [2.75, 3.05) is 25.5 Å².